The van der Waals surface area contributed by atoms with Gasteiger partial charge in [-0.15, -0.1) is 0 Å². The first-order valence-electron chi connectivity index (χ1n) is 6.71. The zero-order valence-corrected chi connectivity index (χ0v) is 11.0. The summed E-state index contributed by atoms with van der Waals surface area (Å²) in [6.07, 6.45) is 3.77. The van der Waals surface area contributed by atoms with Crippen LogP contribution in [0.5, 0.6) is 0 Å². The monoisotopic (exact) mass is 236 g/mol. The van der Waals surface area contributed by atoms with Crippen molar-refractivity contribution >= 4 is 0 Å². The molecular formula is C14H24N2O. The van der Waals surface area contributed by atoms with Gasteiger partial charge in [-0.2, -0.15) is 0 Å². The van der Waals surface area contributed by atoms with Crippen LogP contribution < -0.4 is 5.73 Å². The molecule has 1 aliphatic rings. The Labute approximate surface area is 104 Å². The molecule has 0 aliphatic carbocycles. The Morgan fingerprint density at radius 2 is 2.35 bits per heavy atom. The lowest BCUT2D eigenvalue weighted by molar-refractivity contribution is 0.115. The Morgan fingerprint density at radius 3 is 3.00 bits per heavy atom. The van der Waals surface area contributed by atoms with Crippen molar-refractivity contribution in [3.63, 3.8) is 0 Å². The van der Waals surface area contributed by atoms with Gasteiger partial charge in [-0.25, -0.2) is 0 Å². The Bertz CT molecular complexity index is 346. The molecule has 0 aromatic carbocycles. The minimum absolute atomic E-state index is 0.393. The van der Waals surface area contributed by atoms with E-state index in [0.717, 1.165) is 36.9 Å². The molecule has 2 N–H and O–H groups in total. The van der Waals surface area contributed by atoms with Gasteiger partial charge in [-0.1, -0.05) is 0 Å². The third-order valence-corrected chi connectivity index (χ3v) is 3.85. The molecule has 2 heterocycles. The van der Waals surface area contributed by atoms with Gasteiger partial charge in [0, 0.05) is 6.54 Å². The number of nitrogens with zero attached hydrogens (tertiary/aromatic N) is 1. The fraction of sp³-hybridized carbons (Fsp3) is 0.714. The van der Waals surface area contributed by atoms with Crippen LogP contribution in [-0.2, 0) is 0 Å². The van der Waals surface area contributed by atoms with Crippen LogP contribution in [0.3, 0.4) is 0 Å². The number of hydrogen-bond donors (Lipinski definition) is 1. The van der Waals surface area contributed by atoms with Crippen LogP contribution in [-0.4, -0.2) is 24.5 Å². The van der Waals surface area contributed by atoms with E-state index in [1.165, 1.54) is 19.4 Å². The van der Waals surface area contributed by atoms with Crippen LogP contribution in [0, 0.1) is 12.8 Å². The van der Waals surface area contributed by atoms with Crippen LogP contribution in [0.4, 0.5) is 0 Å². The van der Waals surface area contributed by atoms with Crippen LogP contribution >= 0.6 is 0 Å². The standard InChI is InChI=1S/C14H24N2O/c1-11-5-6-14(17-11)12(2)16-9-3-4-13(10-16)7-8-15/h5-6,12-13H,3-4,7-10,15H2,1-2H3. The number of rotatable bonds is 4. The highest BCUT2D eigenvalue weighted by Gasteiger charge is 2.25. The quantitative estimate of drug-likeness (QED) is 0.874. The first-order valence-corrected chi connectivity index (χ1v) is 6.71. The van der Waals surface area contributed by atoms with Gasteiger partial charge in [0.25, 0.3) is 0 Å². The predicted molar refractivity (Wildman–Crippen MR) is 69.8 cm³/mol. The molecule has 96 valence electrons. The van der Waals surface area contributed by atoms with E-state index >= 15 is 0 Å². The predicted octanol–water partition coefficient (Wildman–Crippen LogP) is 2.71. The van der Waals surface area contributed by atoms with E-state index in [-0.39, 0.29) is 0 Å². The van der Waals surface area contributed by atoms with Crippen molar-refractivity contribution in [2.45, 2.75) is 39.2 Å². The molecule has 0 amide bonds. The van der Waals surface area contributed by atoms with Crippen LogP contribution in [0.2, 0.25) is 0 Å². The maximum atomic E-state index is 5.73. The highest BCUT2D eigenvalue weighted by atomic mass is 16.3. The van der Waals surface area contributed by atoms with Crippen molar-refractivity contribution in [3.8, 4) is 0 Å². The van der Waals surface area contributed by atoms with Gasteiger partial charge in [0.2, 0.25) is 0 Å². The molecule has 1 aliphatic heterocycles. The fourth-order valence-corrected chi connectivity index (χ4v) is 2.78. The second-order valence-corrected chi connectivity index (χ2v) is 5.20. The van der Waals surface area contributed by atoms with Crippen molar-refractivity contribution in [1.82, 2.24) is 4.90 Å². The van der Waals surface area contributed by atoms with Crippen LogP contribution in [0.15, 0.2) is 16.5 Å². The summed E-state index contributed by atoms with van der Waals surface area (Å²) in [6.45, 7) is 7.40. The van der Waals surface area contributed by atoms with Gasteiger partial charge in [0.05, 0.1) is 6.04 Å². The summed E-state index contributed by atoms with van der Waals surface area (Å²) in [5.74, 6) is 2.87. The van der Waals surface area contributed by atoms with E-state index in [0.29, 0.717) is 6.04 Å². The molecule has 1 fully saturated rings. The number of piperidine rings is 1. The Morgan fingerprint density at radius 1 is 1.53 bits per heavy atom. The zero-order chi connectivity index (χ0) is 12.3. The first-order chi connectivity index (χ1) is 8.20. The number of furan rings is 1. The summed E-state index contributed by atoms with van der Waals surface area (Å²) in [5, 5.41) is 0. The lowest BCUT2D eigenvalue weighted by atomic mass is 9.93. The molecule has 1 saturated heterocycles. The molecular weight excluding hydrogens is 212 g/mol. The molecule has 2 rings (SSSR count). The topological polar surface area (TPSA) is 42.4 Å². The summed E-state index contributed by atoms with van der Waals surface area (Å²) in [6, 6.07) is 4.55. The van der Waals surface area contributed by atoms with Gasteiger partial charge in [-0.05, 0) is 64.3 Å². The molecule has 0 bridgehead atoms. The van der Waals surface area contributed by atoms with Crippen molar-refractivity contribution < 1.29 is 4.42 Å². The molecule has 1 aromatic heterocycles. The average Bonchev–Trinajstić information content (AvgIpc) is 2.76. The molecule has 0 radical (unpaired) electrons. The minimum Gasteiger partial charge on any atom is -0.465 e. The molecule has 2 unspecified atom stereocenters. The van der Waals surface area contributed by atoms with Gasteiger partial charge in [0.15, 0.2) is 0 Å². The normalized spacial score (nSPS) is 23.8. The Kier molecular flexibility index (Phi) is 4.24. The molecule has 0 spiro atoms. The highest BCUT2D eigenvalue weighted by molar-refractivity contribution is 5.09. The molecule has 17 heavy (non-hydrogen) atoms. The van der Waals surface area contributed by atoms with Crippen molar-refractivity contribution in [2.24, 2.45) is 11.7 Å². The van der Waals surface area contributed by atoms with E-state index in [2.05, 4.69) is 17.9 Å². The second-order valence-electron chi connectivity index (χ2n) is 5.20. The van der Waals surface area contributed by atoms with Crippen LogP contribution in [0.25, 0.3) is 0 Å². The number of likely N-dealkylation sites (tertiary alicyclic amines) is 1. The summed E-state index contributed by atoms with van der Waals surface area (Å²) in [4.78, 5) is 2.53. The zero-order valence-electron chi connectivity index (χ0n) is 11.0. The third kappa shape index (κ3) is 3.11. The van der Waals surface area contributed by atoms with Gasteiger partial charge in [0.1, 0.15) is 11.5 Å². The van der Waals surface area contributed by atoms with Crippen molar-refractivity contribution in [1.29, 1.82) is 0 Å². The SMILES string of the molecule is Cc1ccc(C(C)N2CCCC(CCN)C2)o1. The van der Waals surface area contributed by atoms with E-state index in [9.17, 15) is 0 Å². The third-order valence-electron chi connectivity index (χ3n) is 3.85. The van der Waals surface area contributed by atoms with Crippen molar-refractivity contribution in [3.05, 3.63) is 23.7 Å². The first kappa shape index (κ1) is 12.7. The number of aryl methyl sites for hydroxylation is 1. The maximum Gasteiger partial charge on any atom is 0.121 e. The van der Waals surface area contributed by atoms with E-state index in [1.54, 1.807) is 0 Å². The fourth-order valence-electron chi connectivity index (χ4n) is 2.78. The summed E-state index contributed by atoms with van der Waals surface area (Å²) in [5.41, 5.74) is 5.66. The van der Waals surface area contributed by atoms with Crippen molar-refractivity contribution in [2.75, 3.05) is 19.6 Å². The highest BCUT2D eigenvalue weighted by Crippen LogP contribution is 2.28. The van der Waals surface area contributed by atoms with E-state index < -0.39 is 0 Å². The lowest BCUT2D eigenvalue weighted by Gasteiger charge is -2.36. The van der Waals surface area contributed by atoms with E-state index in [4.69, 9.17) is 10.2 Å². The van der Waals surface area contributed by atoms with Gasteiger partial charge >= 0.3 is 0 Å². The lowest BCUT2D eigenvalue weighted by Crippen LogP contribution is -2.37. The van der Waals surface area contributed by atoms with E-state index in [1.807, 2.05) is 13.0 Å². The maximum absolute atomic E-state index is 5.73. The molecule has 2 atom stereocenters. The minimum atomic E-state index is 0.393. The second kappa shape index (κ2) is 5.69. The largest absolute Gasteiger partial charge is 0.465 e. The summed E-state index contributed by atoms with van der Waals surface area (Å²) < 4.78 is 5.73. The Hall–Kier alpha value is -0.800. The van der Waals surface area contributed by atoms with Gasteiger partial charge in [-0.3, -0.25) is 4.90 Å². The molecule has 1 aromatic rings. The number of hydrogen-bond acceptors (Lipinski definition) is 3. The molecule has 0 saturated carbocycles. The van der Waals surface area contributed by atoms with Crippen LogP contribution in [0.1, 0.15) is 43.7 Å². The Balaban J connectivity index is 1.97. The van der Waals surface area contributed by atoms with Gasteiger partial charge < -0.3 is 10.2 Å². The molecule has 3 nitrogen and oxygen atoms in total. The number of nitrogens with two attached hydrogens (primary N) is 1. The molecule has 3 heteroatoms. The summed E-state index contributed by atoms with van der Waals surface area (Å²) >= 11 is 0. The summed E-state index contributed by atoms with van der Waals surface area (Å²) in [7, 11) is 0. The average molecular weight is 236 g/mol. The smallest absolute Gasteiger partial charge is 0.121 e.